The molecule has 1 saturated heterocycles. The quantitative estimate of drug-likeness (QED) is 0.284. The number of rotatable bonds is 8. The Hall–Kier alpha value is -3.19. The zero-order chi connectivity index (χ0) is 28.7. The molecule has 7 heteroatoms. The predicted molar refractivity (Wildman–Crippen MR) is 147 cm³/mol. The van der Waals surface area contributed by atoms with Crippen molar-refractivity contribution < 1.29 is 27.5 Å². The van der Waals surface area contributed by atoms with Gasteiger partial charge in [0.1, 0.15) is 5.82 Å². The number of hydrogen-bond donors (Lipinski definition) is 1. The van der Waals surface area contributed by atoms with Crippen LogP contribution in [0.5, 0.6) is 0 Å². The second kappa shape index (κ2) is 10.7. The maximum Gasteiger partial charge on any atom is 0.416 e. The van der Waals surface area contributed by atoms with Gasteiger partial charge in [-0.25, -0.2) is 4.39 Å². The molecule has 212 valence electrons. The van der Waals surface area contributed by atoms with Gasteiger partial charge < -0.3 is 5.11 Å². The Kier molecular flexibility index (Phi) is 7.55. The lowest BCUT2D eigenvalue weighted by molar-refractivity contribution is -0.143. The van der Waals surface area contributed by atoms with E-state index in [0.29, 0.717) is 34.9 Å². The number of alkyl halides is 3. The van der Waals surface area contributed by atoms with Crippen LogP contribution in [0.3, 0.4) is 0 Å². The fourth-order valence-corrected chi connectivity index (χ4v) is 6.34. The number of likely N-dealkylation sites (tertiary alicyclic amines) is 1. The molecule has 0 bridgehead atoms. The number of halogens is 4. The summed E-state index contributed by atoms with van der Waals surface area (Å²) < 4.78 is 53.9. The van der Waals surface area contributed by atoms with E-state index in [9.17, 15) is 27.5 Å². The van der Waals surface area contributed by atoms with Crippen molar-refractivity contribution in [1.29, 1.82) is 0 Å². The first-order valence-electron chi connectivity index (χ1n) is 14.0. The Bertz CT molecular complexity index is 1350. The van der Waals surface area contributed by atoms with Crippen LogP contribution in [0.15, 0.2) is 66.7 Å². The van der Waals surface area contributed by atoms with Crippen molar-refractivity contribution in [2.75, 3.05) is 13.1 Å². The summed E-state index contributed by atoms with van der Waals surface area (Å²) in [6, 6.07) is 16.9. The summed E-state index contributed by atoms with van der Waals surface area (Å²) in [4.78, 5) is 15.0. The fourth-order valence-electron chi connectivity index (χ4n) is 6.34. The number of benzene rings is 3. The smallest absolute Gasteiger partial charge is 0.416 e. The molecule has 3 aromatic carbocycles. The normalized spacial score (nSPS) is 19.2. The minimum absolute atomic E-state index is 0.193. The van der Waals surface area contributed by atoms with Crippen molar-refractivity contribution in [2.45, 2.75) is 70.0 Å². The average molecular weight is 554 g/mol. The first-order valence-corrected chi connectivity index (χ1v) is 14.0. The molecule has 1 heterocycles. The van der Waals surface area contributed by atoms with Gasteiger partial charge in [-0.3, -0.25) is 9.69 Å². The van der Waals surface area contributed by atoms with Crippen molar-refractivity contribution in [3.63, 3.8) is 0 Å². The molecular weight excluding hydrogens is 518 g/mol. The third-order valence-corrected chi connectivity index (χ3v) is 9.07. The monoisotopic (exact) mass is 553 g/mol. The van der Waals surface area contributed by atoms with Crippen molar-refractivity contribution in [3.05, 3.63) is 94.8 Å². The average Bonchev–Trinajstić information content (AvgIpc) is 3.69. The highest BCUT2D eigenvalue weighted by Crippen LogP contribution is 2.54. The van der Waals surface area contributed by atoms with E-state index < -0.39 is 23.1 Å². The molecule has 3 nitrogen and oxygen atoms in total. The van der Waals surface area contributed by atoms with Gasteiger partial charge in [-0.15, -0.1) is 0 Å². The molecule has 0 radical (unpaired) electrons. The SMILES string of the molecule is CCCC(C)(C(=O)O)c1ccc(C(c2ccc(F)cc2)N2CCC3(CC2)CC3)cc1-c1ccc(C(F)(F)F)cc1. The van der Waals surface area contributed by atoms with E-state index in [1.165, 1.54) is 37.1 Å². The van der Waals surface area contributed by atoms with Crippen LogP contribution >= 0.6 is 0 Å². The van der Waals surface area contributed by atoms with Gasteiger partial charge in [0.2, 0.25) is 0 Å². The number of piperidine rings is 1. The Morgan fingerprint density at radius 3 is 2.05 bits per heavy atom. The Morgan fingerprint density at radius 1 is 0.925 bits per heavy atom. The summed E-state index contributed by atoms with van der Waals surface area (Å²) in [6.07, 6.45) is 1.27. The van der Waals surface area contributed by atoms with Crippen molar-refractivity contribution >= 4 is 5.97 Å². The first-order chi connectivity index (χ1) is 19.0. The lowest BCUT2D eigenvalue weighted by Gasteiger charge is -2.39. The summed E-state index contributed by atoms with van der Waals surface area (Å²) >= 11 is 0. The zero-order valence-corrected chi connectivity index (χ0v) is 22.9. The van der Waals surface area contributed by atoms with Gasteiger partial charge in [-0.1, -0.05) is 49.7 Å². The van der Waals surface area contributed by atoms with Crippen LogP contribution in [0.2, 0.25) is 0 Å². The Balaban J connectivity index is 1.65. The molecule has 40 heavy (non-hydrogen) atoms. The summed E-state index contributed by atoms with van der Waals surface area (Å²) in [5.74, 6) is -1.30. The molecule has 1 spiro atoms. The first kappa shape index (κ1) is 28.3. The van der Waals surface area contributed by atoms with Crippen LogP contribution in [0.4, 0.5) is 17.6 Å². The Morgan fingerprint density at radius 2 is 1.52 bits per heavy atom. The van der Waals surface area contributed by atoms with Gasteiger partial charge >= 0.3 is 12.1 Å². The fraction of sp³-hybridized carbons (Fsp3) is 0.424. The predicted octanol–water partition coefficient (Wildman–Crippen LogP) is 8.62. The highest BCUT2D eigenvalue weighted by atomic mass is 19.4. The zero-order valence-electron chi connectivity index (χ0n) is 22.9. The maximum atomic E-state index is 13.9. The standard InChI is InChI=1S/C33H35F4NO2/c1-3-14-31(2,30(39)40)28-13-8-24(21-27(28)22-4-9-25(10-5-22)33(35,36)37)29(23-6-11-26(34)12-7-23)38-19-17-32(15-16-32)18-20-38/h4-13,21,29H,3,14-20H2,1-2H3,(H,39,40). The van der Waals surface area contributed by atoms with Crippen LogP contribution < -0.4 is 0 Å². The second-order valence-electron chi connectivity index (χ2n) is 11.8. The number of aliphatic carboxylic acids is 1. The van der Waals surface area contributed by atoms with Gasteiger partial charge in [-0.05, 0) is 116 Å². The minimum Gasteiger partial charge on any atom is -0.481 e. The molecule has 1 saturated carbocycles. The molecule has 2 fully saturated rings. The van der Waals surface area contributed by atoms with Gasteiger partial charge in [0.15, 0.2) is 0 Å². The topological polar surface area (TPSA) is 40.5 Å². The molecule has 0 amide bonds. The molecule has 2 aliphatic rings. The summed E-state index contributed by atoms with van der Waals surface area (Å²) in [6.45, 7) is 5.38. The van der Waals surface area contributed by atoms with E-state index in [1.807, 2.05) is 25.1 Å². The highest BCUT2D eigenvalue weighted by molar-refractivity contribution is 5.85. The van der Waals surface area contributed by atoms with Crippen LogP contribution in [-0.4, -0.2) is 29.1 Å². The minimum atomic E-state index is -4.47. The largest absolute Gasteiger partial charge is 0.481 e. The summed E-state index contributed by atoms with van der Waals surface area (Å²) in [7, 11) is 0. The van der Waals surface area contributed by atoms with E-state index in [-0.39, 0.29) is 11.9 Å². The van der Waals surface area contributed by atoms with Crippen LogP contribution in [0.1, 0.15) is 80.7 Å². The molecule has 1 aliphatic heterocycles. The van der Waals surface area contributed by atoms with Crippen molar-refractivity contribution in [1.82, 2.24) is 4.90 Å². The molecule has 2 unspecified atom stereocenters. The lowest BCUT2D eigenvalue weighted by Crippen LogP contribution is -2.38. The summed E-state index contributed by atoms with van der Waals surface area (Å²) in [5.41, 5.74) is 2.01. The van der Waals surface area contributed by atoms with Gasteiger partial charge in [0.05, 0.1) is 17.0 Å². The van der Waals surface area contributed by atoms with Gasteiger partial charge in [0.25, 0.3) is 0 Å². The highest BCUT2D eigenvalue weighted by Gasteiger charge is 2.45. The van der Waals surface area contributed by atoms with E-state index in [2.05, 4.69) is 4.90 Å². The molecule has 2 atom stereocenters. The second-order valence-corrected chi connectivity index (χ2v) is 11.8. The van der Waals surface area contributed by atoms with Gasteiger partial charge in [0, 0.05) is 0 Å². The number of carboxylic acids is 1. The third kappa shape index (κ3) is 5.53. The van der Waals surface area contributed by atoms with E-state index in [1.54, 1.807) is 19.1 Å². The number of carboxylic acid groups (broad SMARTS) is 1. The van der Waals surface area contributed by atoms with Crippen LogP contribution in [0, 0.1) is 11.2 Å². The molecule has 1 N–H and O–H groups in total. The van der Waals surface area contributed by atoms with Crippen LogP contribution in [0.25, 0.3) is 11.1 Å². The lowest BCUT2D eigenvalue weighted by atomic mass is 9.74. The summed E-state index contributed by atoms with van der Waals surface area (Å²) in [5, 5.41) is 10.3. The van der Waals surface area contributed by atoms with E-state index in [0.717, 1.165) is 49.2 Å². The third-order valence-electron chi connectivity index (χ3n) is 9.07. The van der Waals surface area contributed by atoms with E-state index in [4.69, 9.17) is 0 Å². The van der Waals surface area contributed by atoms with Crippen LogP contribution in [-0.2, 0) is 16.4 Å². The van der Waals surface area contributed by atoms with Crippen molar-refractivity contribution in [2.24, 2.45) is 5.41 Å². The molecule has 3 aromatic rings. The number of nitrogens with zero attached hydrogens (tertiary/aromatic N) is 1. The number of hydrogen-bond acceptors (Lipinski definition) is 2. The van der Waals surface area contributed by atoms with Gasteiger partial charge in [-0.2, -0.15) is 13.2 Å². The molecular formula is C33H35F4NO2. The Labute approximate surface area is 232 Å². The number of carbonyl (C=O) groups is 1. The molecule has 0 aromatic heterocycles. The molecule has 1 aliphatic carbocycles. The maximum absolute atomic E-state index is 13.9. The van der Waals surface area contributed by atoms with Crippen molar-refractivity contribution in [3.8, 4) is 11.1 Å². The molecule has 5 rings (SSSR count). The van der Waals surface area contributed by atoms with E-state index >= 15 is 0 Å².